The second-order valence-corrected chi connectivity index (χ2v) is 5.79. The number of fused-ring (bicyclic) bond motifs is 1. The molecule has 5 atom stereocenters. The number of piperidine rings is 1. The van der Waals surface area contributed by atoms with Gasteiger partial charge in [-0.15, -0.1) is 0 Å². The molecule has 2 aliphatic rings. The summed E-state index contributed by atoms with van der Waals surface area (Å²) >= 11 is 0. The summed E-state index contributed by atoms with van der Waals surface area (Å²) in [6.45, 7) is 10.0. The van der Waals surface area contributed by atoms with E-state index in [0.717, 1.165) is 23.7 Å². The van der Waals surface area contributed by atoms with E-state index in [2.05, 4.69) is 25.8 Å². The smallest absolute Gasteiger partial charge is 0.0572 e. The summed E-state index contributed by atoms with van der Waals surface area (Å²) in [5, 5.41) is 0. The Morgan fingerprint density at radius 1 is 1.18 bits per heavy atom. The molecule has 0 aromatic carbocycles. The minimum Gasteiger partial charge on any atom is -0.316 e. The highest BCUT2D eigenvalue weighted by Gasteiger charge is 2.41. The van der Waals surface area contributed by atoms with Gasteiger partial charge in [-0.3, -0.25) is 4.90 Å². The third-order valence-electron chi connectivity index (χ3n) is 4.98. The Labute approximate surface area is 108 Å². The fraction of sp³-hybridized carbons (Fsp3) is 1.00. The first-order chi connectivity index (χ1) is 8.13. The first-order valence-electron chi connectivity index (χ1n) is 7.59. The zero-order chi connectivity index (χ0) is 13.0. The minimum absolute atomic E-state index is 0.310. The van der Waals surface area contributed by atoms with Crippen LogP contribution in [0.25, 0.3) is 0 Å². The highest BCUT2D eigenvalue weighted by atomic mass is 15.2. The lowest BCUT2D eigenvalue weighted by Crippen LogP contribution is -2.54. The van der Waals surface area contributed by atoms with Crippen LogP contribution in [0.5, 0.6) is 0 Å². The van der Waals surface area contributed by atoms with Gasteiger partial charge in [0.25, 0.3) is 0 Å². The van der Waals surface area contributed by atoms with Crippen LogP contribution < -0.4 is 5.73 Å². The standard InChI is InChI=1S/C13H26N2.C2H6/c1-4-10-6-5-9(2)11-7-13(14)15(3)8-12(10)11;1-2/h9-13H,4-8,14H2,1-3H3;1-2H3. The van der Waals surface area contributed by atoms with Crippen LogP contribution in [0.15, 0.2) is 0 Å². The molecule has 2 heteroatoms. The average Bonchev–Trinajstić information content (AvgIpc) is 2.35. The number of hydrogen-bond donors (Lipinski definition) is 1. The molecular formula is C15H32N2. The third-order valence-corrected chi connectivity index (χ3v) is 4.98. The topological polar surface area (TPSA) is 29.3 Å². The lowest BCUT2D eigenvalue weighted by atomic mass is 9.63. The average molecular weight is 240 g/mol. The molecule has 0 amide bonds. The molecule has 2 nitrogen and oxygen atoms in total. The zero-order valence-corrected chi connectivity index (χ0v) is 12.4. The summed E-state index contributed by atoms with van der Waals surface area (Å²) < 4.78 is 0. The molecule has 5 unspecified atom stereocenters. The van der Waals surface area contributed by atoms with Crippen LogP contribution in [0.3, 0.4) is 0 Å². The maximum Gasteiger partial charge on any atom is 0.0572 e. The molecule has 17 heavy (non-hydrogen) atoms. The van der Waals surface area contributed by atoms with Gasteiger partial charge in [-0.05, 0) is 43.6 Å². The van der Waals surface area contributed by atoms with Gasteiger partial charge in [0.2, 0.25) is 0 Å². The van der Waals surface area contributed by atoms with E-state index in [4.69, 9.17) is 5.73 Å². The van der Waals surface area contributed by atoms with E-state index in [-0.39, 0.29) is 0 Å². The summed E-state index contributed by atoms with van der Waals surface area (Å²) in [6, 6.07) is 0. The molecule has 0 aromatic heterocycles. The van der Waals surface area contributed by atoms with Crippen molar-refractivity contribution in [1.82, 2.24) is 4.90 Å². The number of rotatable bonds is 1. The minimum atomic E-state index is 0.310. The van der Waals surface area contributed by atoms with Gasteiger partial charge in [-0.2, -0.15) is 0 Å². The van der Waals surface area contributed by atoms with Gasteiger partial charge in [0.15, 0.2) is 0 Å². The number of nitrogens with two attached hydrogens (primary N) is 1. The summed E-state index contributed by atoms with van der Waals surface area (Å²) in [5.74, 6) is 3.68. The highest BCUT2D eigenvalue weighted by Crippen LogP contribution is 2.44. The van der Waals surface area contributed by atoms with Crippen molar-refractivity contribution in [3.05, 3.63) is 0 Å². The van der Waals surface area contributed by atoms with E-state index in [9.17, 15) is 0 Å². The Bertz CT molecular complexity index is 217. The second-order valence-electron chi connectivity index (χ2n) is 5.79. The van der Waals surface area contributed by atoms with Crippen molar-refractivity contribution in [1.29, 1.82) is 0 Å². The zero-order valence-electron chi connectivity index (χ0n) is 12.4. The van der Waals surface area contributed by atoms with Crippen molar-refractivity contribution in [2.24, 2.45) is 29.4 Å². The van der Waals surface area contributed by atoms with Gasteiger partial charge in [0, 0.05) is 6.54 Å². The molecule has 1 aliphatic carbocycles. The van der Waals surface area contributed by atoms with E-state index in [1.54, 1.807) is 0 Å². The lowest BCUT2D eigenvalue weighted by molar-refractivity contribution is -0.00665. The first-order valence-corrected chi connectivity index (χ1v) is 7.59. The van der Waals surface area contributed by atoms with E-state index >= 15 is 0 Å². The van der Waals surface area contributed by atoms with Crippen LogP contribution >= 0.6 is 0 Å². The SMILES string of the molecule is CC.CCC1CCC(C)C2CC(N)N(C)CC12. The predicted octanol–water partition coefficient (Wildman–Crippen LogP) is 3.32. The van der Waals surface area contributed by atoms with Gasteiger partial charge in [0.05, 0.1) is 6.17 Å². The van der Waals surface area contributed by atoms with E-state index in [1.807, 2.05) is 13.8 Å². The Kier molecular flexibility index (Phi) is 5.94. The highest BCUT2D eigenvalue weighted by molar-refractivity contribution is 4.92. The van der Waals surface area contributed by atoms with Crippen LogP contribution in [0.2, 0.25) is 0 Å². The lowest BCUT2D eigenvalue weighted by Gasteiger charge is -2.49. The molecule has 2 fully saturated rings. The molecule has 102 valence electrons. The monoisotopic (exact) mass is 240 g/mol. The van der Waals surface area contributed by atoms with E-state index < -0.39 is 0 Å². The largest absolute Gasteiger partial charge is 0.316 e. The quantitative estimate of drug-likeness (QED) is 0.762. The molecule has 1 heterocycles. The Hall–Kier alpha value is -0.0800. The number of hydrogen-bond acceptors (Lipinski definition) is 2. The molecule has 0 radical (unpaired) electrons. The molecule has 0 spiro atoms. The van der Waals surface area contributed by atoms with E-state index in [0.29, 0.717) is 6.17 Å². The molecule has 1 aliphatic heterocycles. The van der Waals surface area contributed by atoms with Crippen LogP contribution in [0.1, 0.15) is 53.4 Å². The maximum atomic E-state index is 6.16. The first kappa shape index (κ1) is 15.0. The summed E-state index contributed by atoms with van der Waals surface area (Å²) in [6.07, 6.45) is 5.76. The molecule has 2 N–H and O–H groups in total. The van der Waals surface area contributed by atoms with Gasteiger partial charge in [0.1, 0.15) is 0 Å². The van der Waals surface area contributed by atoms with Gasteiger partial charge < -0.3 is 5.73 Å². The predicted molar refractivity (Wildman–Crippen MR) is 75.7 cm³/mol. The van der Waals surface area contributed by atoms with Gasteiger partial charge >= 0.3 is 0 Å². The Morgan fingerprint density at radius 2 is 1.82 bits per heavy atom. The fourth-order valence-electron chi connectivity index (χ4n) is 3.80. The van der Waals surface area contributed by atoms with Crippen molar-refractivity contribution in [2.75, 3.05) is 13.6 Å². The Balaban J connectivity index is 0.000000686. The molecular weight excluding hydrogens is 208 g/mol. The molecule has 0 bridgehead atoms. The molecule has 0 aromatic rings. The summed E-state index contributed by atoms with van der Waals surface area (Å²) in [4.78, 5) is 2.36. The maximum absolute atomic E-state index is 6.16. The van der Waals surface area contributed by atoms with Crippen LogP contribution in [-0.2, 0) is 0 Å². The van der Waals surface area contributed by atoms with E-state index in [1.165, 1.54) is 32.2 Å². The van der Waals surface area contributed by atoms with Gasteiger partial charge in [-0.1, -0.05) is 40.5 Å². The fourth-order valence-corrected chi connectivity index (χ4v) is 3.80. The summed E-state index contributed by atoms with van der Waals surface area (Å²) in [5.41, 5.74) is 6.16. The molecule has 1 saturated heterocycles. The van der Waals surface area contributed by atoms with Crippen molar-refractivity contribution >= 4 is 0 Å². The van der Waals surface area contributed by atoms with Crippen molar-refractivity contribution in [2.45, 2.75) is 59.5 Å². The van der Waals surface area contributed by atoms with Crippen molar-refractivity contribution in [3.8, 4) is 0 Å². The Morgan fingerprint density at radius 3 is 2.41 bits per heavy atom. The van der Waals surface area contributed by atoms with Gasteiger partial charge in [-0.25, -0.2) is 0 Å². The van der Waals surface area contributed by atoms with Crippen LogP contribution in [0, 0.1) is 23.7 Å². The number of nitrogens with zero attached hydrogens (tertiary/aromatic N) is 1. The molecule has 2 rings (SSSR count). The van der Waals surface area contributed by atoms with Crippen molar-refractivity contribution in [3.63, 3.8) is 0 Å². The third kappa shape index (κ3) is 3.23. The van der Waals surface area contributed by atoms with Crippen molar-refractivity contribution < 1.29 is 0 Å². The van der Waals surface area contributed by atoms with Crippen LogP contribution in [-0.4, -0.2) is 24.7 Å². The second kappa shape index (κ2) is 6.75. The number of likely N-dealkylation sites (tertiary alicyclic amines) is 1. The van der Waals surface area contributed by atoms with Crippen LogP contribution in [0.4, 0.5) is 0 Å². The summed E-state index contributed by atoms with van der Waals surface area (Å²) in [7, 11) is 2.19. The molecule has 1 saturated carbocycles. The normalized spacial score (nSPS) is 42.4.